The monoisotopic (exact) mass is 295 g/mol. The minimum atomic E-state index is -0.730. The number of amides is 2. The molecular formula is C14H21N3O2S. The van der Waals surface area contributed by atoms with E-state index >= 15 is 0 Å². The van der Waals surface area contributed by atoms with Gasteiger partial charge in [0.05, 0.1) is 5.01 Å². The van der Waals surface area contributed by atoms with E-state index in [4.69, 9.17) is 0 Å². The van der Waals surface area contributed by atoms with Crippen LogP contribution in [-0.2, 0) is 16.0 Å². The fourth-order valence-electron chi connectivity index (χ4n) is 2.60. The zero-order valence-electron chi connectivity index (χ0n) is 12.2. The van der Waals surface area contributed by atoms with E-state index in [-0.39, 0.29) is 11.8 Å². The fourth-order valence-corrected chi connectivity index (χ4v) is 3.21. The van der Waals surface area contributed by atoms with Gasteiger partial charge in [0.25, 0.3) is 0 Å². The molecule has 1 unspecified atom stereocenters. The Bertz CT molecular complexity index is 483. The second-order valence-corrected chi connectivity index (χ2v) is 6.11. The number of carbonyl (C=O) groups excluding carboxylic acids is 2. The molecule has 0 saturated carbocycles. The SMILES string of the molecule is CCC1(CC)NC(=O)C(C)N(CCc2nccs2)C1=O. The molecule has 5 nitrogen and oxygen atoms in total. The molecule has 6 heteroatoms. The van der Waals surface area contributed by atoms with Crippen molar-refractivity contribution in [3.63, 3.8) is 0 Å². The normalized spacial score (nSPS) is 21.9. The van der Waals surface area contributed by atoms with Crippen molar-refractivity contribution in [2.75, 3.05) is 6.54 Å². The molecule has 1 N–H and O–H groups in total. The summed E-state index contributed by atoms with van der Waals surface area (Å²) >= 11 is 1.58. The van der Waals surface area contributed by atoms with E-state index in [1.54, 1.807) is 29.4 Å². The average Bonchev–Trinajstić information content (AvgIpc) is 2.96. The third kappa shape index (κ3) is 2.57. The molecule has 1 fully saturated rings. The van der Waals surface area contributed by atoms with Gasteiger partial charge in [-0.1, -0.05) is 13.8 Å². The number of hydrogen-bond donors (Lipinski definition) is 1. The van der Waals surface area contributed by atoms with Crippen LogP contribution in [0, 0.1) is 0 Å². The summed E-state index contributed by atoms with van der Waals surface area (Å²) in [5.74, 6) is -0.0291. The predicted molar refractivity (Wildman–Crippen MR) is 78.4 cm³/mol. The summed E-state index contributed by atoms with van der Waals surface area (Å²) in [7, 11) is 0. The molecule has 2 heterocycles. The van der Waals surface area contributed by atoms with Crippen LogP contribution in [0.1, 0.15) is 38.6 Å². The second-order valence-electron chi connectivity index (χ2n) is 5.13. The highest BCUT2D eigenvalue weighted by atomic mass is 32.1. The quantitative estimate of drug-likeness (QED) is 0.897. The summed E-state index contributed by atoms with van der Waals surface area (Å²) in [6, 6.07) is -0.409. The van der Waals surface area contributed by atoms with Crippen LogP contribution in [0.4, 0.5) is 0 Å². The van der Waals surface area contributed by atoms with Crippen molar-refractivity contribution < 1.29 is 9.59 Å². The molecule has 20 heavy (non-hydrogen) atoms. The first-order valence-corrected chi connectivity index (χ1v) is 7.93. The molecule has 1 aromatic rings. The van der Waals surface area contributed by atoms with Gasteiger partial charge in [-0.3, -0.25) is 9.59 Å². The van der Waals surface area contributed by atoms with E-state index in [0.717, 1.165) is 5.01 Å². The van der Waals surface area contributed by atoms with Crippen LogP contribution in [0.3, 0.4) is 0 Å². The molecule has 1 saturated heterocycles. The maximum Gasteiger partial charge on any atom is 0.248 e. The number of piperazine rings is 1. The number of nitrogens with one attached hydrogen (secondary N) is 1. The second kappa shape index (κ2) is 5.91. The summed E-state index contributed by atoms with van der Waals surface area (Å²) in [6.45, 7) is 6.21. The maximum atomic E-state index is 12.7. The van der Waals surface area contributed by atoms with Crippen molar-refractivity contribution >= 4 is 23.2 Å². The molecule has 0 bridgehead atoms. The number of aromatic nitrogens is 1. The molecule has 1 atom stereocenters. The number of carbonyl (C=O) groups is 2. The van der Waals surface area contributed by atoms with Crippen molar-refractivity contribution in [3.05, 3.63) is 16.6 Å². The fraction of sp³-hybridized carbons (Fsp3) is 0.643. The van der Waals surface area contributed by atoms with Crippen LogP contribution in [0.5, 0.6) is 0 Å². The van der Waals surface area contributed by atoms with Crippen molar-refractivity contribution in [2.24, 2.45) is 0 Å². The highest BCUT2D eigenvalue weighted by Gasteiger charge is 2.47. The van der Waals surface area contributed by atoms with Gasteiger partial charge in [-0.25, -0.2) is 4.98 Å². The van der Waals surface area contributed by atoms with Crippen molar-refractivity contribution in [3.8, 4) is 0 Å². The largest absolute Gasteiger partial charge is 0.340 e. The average molecular weight is 295 g/mol. The van der Waals surface area contributed by atoms with E-state index in [0.29, 0.717) is 25.8 Å². The van der Waals surface area contributed by atoms with Crippen molar-refractivity contribution in [2.45, 2.75) is 51.6 Å². The van der Waals surface area contributed by atoms with E-state index in [1.807, 2.05) is 19.2 Å². The van der Waals surface area contributed by atoms with E-state index in [2.05, 4.69) is 10.3 Å². The third-order valence-corrected chi connectivity index (χ3v) is 4.98. The Morgan fingerprint density at radius 2 is 2.10 bits per heavy atom. The molecule has 2 amide bonds. The lowest BCUT2D eigenvalue weighted by molar-refractivity contribution is -0.154. The van der Waals surface area contributed by atoms with Gasteiger partial charge < -0.3 is 10.2 Å². The Morgan fingerprint density at radius 1 is 1.40 bits per heavy atom. The van der Waals surface area contributed by atoms with Crippen LogP contribution in [0.25, 0.3) is 0 Å². The van der Waals surface area contributed by atoms with E-state index in [1.165, 1.54) is 0 Å². The van der Waals surface area contributed by atoms with E-state index in [9.17, 15) is 9.59 Å². The van der Waals surface area contributed by atoms with Gasteiger partial charge in [0.15, 0.2) is 0 Å². The summed E-state index contributed by atoms with van der Waals surface area (Å²) < 4.78 is 0. The molecule has 1 aliphatic heterocycles. The lowest BCUT2D eigenvalue weighted by Gasteiger charge is -2.44. The summed E-state index contributed by atoms with van der Waals surface area (Å²) in [4.78, 5) is 30.8. The number of thiazole rings is 1. The zero-order chi connectivity index (χ0) is 14.8. The van der Waals surface area contributed by atoms with Gasteiger partial charge in [0, 0.05) is 24.5 Å². The van der Waals surface area contributed by atoms with Crippen molar-refractivity contribution in [1.82, 2.24) is 15.2 Å². The molecule has 0 aromatic carbocycles. The topological polar surface area (TPSA) is 62.3 Å². The van der Waals surface area contributed by atoms with Gasteiger partial charge in [-0.15, -0.1) is 11.3 Å². The van der Waals surface area contributed by atoms with E-state index < -0.39 is 11.6 Å². The molecule has 0 spiro atoms. The molecule has 0 aliphatic carbocycles. The van der Waals surface area contributed by atoms with Gasteiger partial charge >= 0.3 is 0 Å². The van der Waals surface area contributed by atoms with Gasteiger partial charge in [-0.05, 0) is 19.8 Å². The Balaban J connectivity index is 2.15. The highest BCUT2D eigenvalue weighted by Crippen LogP contribution is 2.25. The predicted octanol–water partition coefficient (Wildman–Crippen LogP) is 1.59. The number of rotatable bonds is 5. The third-order valence-electron chi connectivity index (χ3n) is 4.14. The standard InChI is InChI=1S/C14H21N3O2S/c1-4-14(5-2)13(19)17(10(3)12(18)16-14)8-6-11-15-7-9-20-11/h7,9-10H,4-6,8H2,1-3H3,(H,16,18). The molecule has 110 valence electrons. The van der Waals surface area contributed by atoms with Crippen LogP contribution in [0.15, 0.2) is 11.6 Å². The molecule has 1 aliphatic rings. The molecule has 2 rings (SSSR count). The Kier molecular flexibility index (Phi) is 4.42. The van der Waals surface area contributed by atoms with Gasteiger partial charge in [0.1, 0.15) is 11.6 Å². The Hall–Kier alpha value is -1.43. The van der Waals surface area contributed by atoms with Crippen LogP contribution < -0.4 is 5.32 Å². The highest BCUT2D eigenvalue weighted by molar-refractivity contribution is 7.09. The van der Waals surface area contributed by atoms with Gasteiger partial charge in [-0.2, -0.15) is 0 Å². The first kappa shape index (κ1) is 15.0. The lowest BCUT2D eigenvalue weighted by Crippen LogP contribution is -2.69. The minimum Gasteiger partial charge on any atom is -0.340 e. The zero-order valence-corrected chi connectivity index (χ0v) is 13.0. The number of nitrogens with zero attached hydrogens (tertiary/aromatic N) is 2. The maximum absolute atomic E-state index is 12.7. The molecule has 0 radical (unpaired) electrons. The summed E-state index contributed by atoms with van der Waals surface area (Å²) in [5, 5.41) is 5.83. The minimum absolute atomic E-state index is 0.0335. The summed E-state index contributed by atoms with van der Waals surface area (Å²) in [6.07, 6.45) is 3.70. The molecular weight excluding hydrogens is 274 g/mol. The molecule has 1 aromatic heterocycles. The smallest absolute Gasteiger partial charge is 0.248 e. The van der Waals surface area contributed by atoms with Crippen LogP contribution in [-0.4, -0.2) is 39.8 Å². The first-order chi connectivity index (χ1) is 9.54. The van der Waals surface area contributed by atoms with Crippen molar-refractivity contribution in [1.29, 1.82) is 0 Å². The number of hydrogen-bond acceptors (Lipinski definition) is 4. The Labute approximate surface area is 123 Å². The van der Waals surface area contributed by atoms with Crippen LogP contribution >= 0.6 is 11.3 Å². The first-order valence-electron chi connectivity index (χ1n) is 7.05. The summed E-state index contributed by atoms with van der Waals surface area (Å²) in [5.41, 5.74) is -0.730. The lowest BCUT2D eigenvalue weighted by atomic mass is 9.87. The van der Waals surface area contributed by atoms with Gasteiger partial charge in [0.2, 0.25) is 11.8 Å². The van der Waals surface area contributed by atoms with Crippen LogP contribution in [0.2, 0.25) is 0 Å². The Morgan fingerprint density at radius 3 is 2.65 bits per heavy atom.